The Hall–Kier alpha value is -6.38. The second-order valence-corrected chi connectivity index (χ2v) is 13.8. The van der Waals surface area contributed by atoms with Crippen LogP contribution in [0.1, 0.15) is 48.8 Å². The molecule has 242 valence electrons. The number of hydrogen-bond donors (Lipinski definition) is 0. The zero-order valence-electron chi connectivity index (χ0n) is 27.9. The Morgan fingerprint density at radius 1 is 0.529 bits per heavy atom. The number of para-hydroxylation sites is 1. The molecule has 0 radical (unpaired) electrons. The summed E-state index contributed by atoms with van der Waals surface area (Å²) in [5, 5.41) is 11.9. The summed E-state index contributed by atoms with van der Waals surface area (Å²) in [7, 11) is 0. The van der Waals surface area contributed by atoms with Gasteiger partial charge in [-0.15, -0.1) is 0 Å². The molecule has 0 bridgehead atoms. The fourth-order valence-corrected chi connectivity index (χ4v) is 8.62. The molecule has 2 aromatic heterocycles. The van der Waals surface area contributed by atoms with Crippen molar-refractivity contribution in [3.8, 4) is 62.5 Å². The molecule has 1 saturated carbocycles. The van der Waals surface area contributed by atoms with E-state index in [1.54, 1.807) is 0 Å². The smallest absolute Gasteiger partial charge is 0.167 e. The lowest BCUT2D eigenvalue weighted by Gasteiger charge is -2.36. The molecule has 2 aliphatic rings. The van der Waals surface area contributed by atoms with Gasteiger partial charge in [0.15, 0.2) is 17.5 Å². The summed E-state index contributed by atoms with van der Waals surface area (Å²) in [4.78, 5) is 14.9. The second kappa shape index (κ2) is 11.6. The van der Waals surface area contributed by atoms with Crippen LogP contribution in [0.5, 0.6) is 0 Å². The van der Waals surface area contributed by atoms with Crippen LogP contribution in [-0.2, 0) is 5.41 Å². The van der Waals surface area contributed by atoms with E-state index in [1.165, 1.54) is 47.1 Å². The molecule has 10 rings (SSSR count). The van der Waals surface area contributed by atoms with E-state index in [2.05, 4.69) is 66.7 Å². The third kappa shape index (κ3) is 4.64. The summed E-state index contributed by atoms with van der Waals surface area (Å²) >= 11 is 0. The second-order valence-electron chi connectivity index (χ2n) is 13.8. The number of nitrogens with zero attached hydrogens (tertiary/aromatic N) is 4. The summed E-state index contributed by atoms with van der Waals surface area (Å²) in [6.07, 6.45) is 5.91. The third-order valence-electron chi connectivity index (χ3n) is 11.0. The minimum atomic E-state index is -0.0329. The first-order valence-electron chi connectivity index (χ1n) is 17.7. The van der Waals surface area contributed by atoms with Crippen LogP contribution in [0.2, 0.25) is 0 Å². The third-order valence-corrected chi connectivity index (χ3v) is 11.0. The number of furan rings is 1. The van der Waals surface area contributed by atoms with E-state index in [4.69, 9.17) is 19.4 Å². The van der Waals surface area contributed by atoms with E-state index in [-0.39, 0.29) is 5.41 Å². The highest BCUT2D eigenvalue weighted by Crippen LogP contribution is 2.58. The molecule has 0 amide bonds. The maximum Gasteiger partial charge on any atom is 0.167 e. The molecule has 51 heavy (non-hydrogen) atoms. The monoisotopic (exact) mass is 656 g/mol. The highest BCUT2D eigenvalue weighted by molar-refractivity contribution is 6.10. The largest absolute Gasteiger partial charge is 0.455 e. The molecule has 1 spiro atoms. The van der Waals surface area contributed by atoms with Crippen molar-refractivity contribution in [3.05, 3.63) is 150 Å². The summed E-state index contributed by atoms with van der Waals surface area (Å²) < 4.78 is 6.65. The van der Waals surface area contributed by atoms with Gasteiger partial charge < -0.3 is 4.42 Å². The fourth-order valence-electron chi connectivity index (χ4n) is 8.62. The Bertz CT molecular complexity index is 2620. The summed E-state index contributed by atoms with van der Waals surface area (Å²) in [6.45, 7) is 0. The van der Waals surface area contributed by atoms with Crippen molar-refractivity contribution < 1.29 is 4.42 Å². The van der Waals surface area contributed by atoms with Gasteiger partial charge in [-0.3, -0.25) is 0 Å². The van der Waals surface area contributed by atoms with Crippen molar-refractivity contribution in [1.82, 2.24) is 15.0 Å². The summed E-state index contributed by atoms with van der Waals surface area (Å²) in [5.41, 5.74) is 12.6. The number of benzene rings is 6. The maximum atomic E-state index is 9.83. The van der Waals surface area contributed by atoms with Crippen molar-refractivity contribution in [2.75, 3.05) is 0 Å². The minimum absolute atomic E-state index is 0.0329. The molecule has 5 nitrogen and oxygen atoms in total. The molecule has 0 aliphatic heterocycles. The molecular formula is C46H32N4O. The van der Waals surface area contributed by atoms with Crippen molar-refractivity contribution in [1.29, 1.82) is 5.26 Å². The standard InChI is InChI=1S/C46H32N4O/c47-28-29-20-22-35-39(26-29)46(24-8-3-9-25-46)38-19-11-16-33(41(35)38)32-21-23-40-37(27-32)34-17-10-18-36(42(34)51-40)45-49-43(30-12-4-1-5-13-30)48-44(50-45)31-14-6-2-7-15-31/h1-2,4-7,10-23,26-27H,3,8-9,24-25H2. The predicted molar refractivity (Wildman–Crippen MR) is 203 cm³/mol. The number of aromatic nitrogens is 3. The molecule has 5 heteroatoms. The quantitative estimate of drug-likeness (QED) is 0.188. The molecular weight excluding hydrogens is 625 g/mol. The van der Waals surface area contributed by atoms with Gasteiger partial charge in [-0.25, -0.2) is 15.0 Å². The van der Waals surface area contributed by atoms with Gasteiger partial charge in [0.2, 0.25) is 0 Å². The first kappa shape index (κ1) is 29.5. The van der Waals surface area contributed by atoms with Crippen molar-refractivity contribution >= 4 is 21.9 Å². The summed E-state index contributed by atoms with van der Waals surface area (Å²) in [6, 6.07) is 48.3. The Morgan fingerprint density at radius 3 is 1.94 bits per heavy atom. The molecule has 6 aromatic carbocycles. The fraction of sp³-hybridized carbons (Fsp3) is 0.130. The van der Waals surface area contributed by atoms with Crippen LogP contribution in [0.15, 0.2) is 138 Å². The van der Waals surface area contributed by atoms with E-state index < -0.39 is 0 Å². The highest BCUT2D eigenvalue weighted by Gasteiger charge is 2.44. The SMILES string of the molecule is N#Cc1ccc2c(c1)C1(CCCCC1)c1cccc(-c3ccc4oc5c(-c6nc(-c7ccccc7)nc(-c7ccccc7)n6)cccc5c4c3)c1-2. The predicted octanol–water partition coefficient (Wildman–Crippen LogP) is 11.5. The van der Waals surface area contributed by atoms with Crippen LogP contribution in [0.4, 0.5) is 0 Å². The average Bonchev–Trinajstić information content (AvgIpc) is 3.71. The Balaban J connectivity index is 1.14. The Morgan fingerprint density at radius 2 is 1.22 bits per heavy atom. The van der Waals surface area contributed by atoms with Crippen LogP contribution in [0.25, 0.3) is 78.4 Å². The van der Waals surface area contributed by atoms with Crippen molar-refractivity contribution in [2.24, 2.45) is 0 Å². The molecule has 2 aliphatic carbocycles. The van der Waals surface area contributed by atoms with Gasteiger partial charge in [-0.2, -0.15) is 5.26 Å². The van der Waals surface area contributed by atoms with Crippen LogP contribution < -0.4 is 0 Å². The zero-order valence-corrected chi connectivity index (χ0v) is 27.9. The first-order chi connectivity index (χ1) is 25.2. The normalized spacial score (nSPS) is 14.4. The van der Waals surface area contributed by atoms with Gasteiger partial charge in [0, 0.05) is 27.3 Å². The molecule has 0 N–H and O–H groups in total. The Labute approximate surface area is 295 Å². The van der Waals surface area contributed by atoms with Gasteiger partial charge in [-0.1, -0.05) is 122 Å². The van der Waals surface area contributed by atoms with Crippen molar-refractivity contribution in [2.45, 2.75) is 37.5 Å². The lowest BCUT2D eigenvalue weighted by atomic mass is 9.67. The van der Waals surface area contributed by atoms with Gasteiger partial charge in [-0.05, 0) is 76.6 Å². The van der Waals surface area contributed by atoms with Crippen LogP contribution in [-0.4, -0.2) is 15.0 Å². The molecule has 8 aromatic rings. The van der Waals surface area contributed by atoms with Gasteiger partial charge in [0.05, 0.1) is 17.2 Å². The van der Waals surface area contributed by atoms with E-state index >= 15 is 0 Å². The highest BCUT2D eigenvalue weighted by atomic mass is 16.3. The number of hydrogen-bond acceptors (Lipinski definition) is 5. The molecule has 0 atom stereocenters. The van der Waals surface area contributed by atoms with E-state index in [0.29, 0.717) is 17.5 Å². The topological polar surface area (TPSA) is 75.6 Å². The summed E-state index contributed by atoms with van der Waals surface area (Å²) in [5.74, 6) is 1.80. The lowest BCUT2D eigenvalue weighted by molar-refractivity contribution is 0.353. The van der Waals surface area contributed by atoms with Crippen LogP contribution >= 0.6 is 0 Å². The maximum absolute atomic E-state index is 9.83. The molecule has 2 heterocycles. The molecule has 0 unspecified atom stereocenters. The van der Waals surface area contributed by atoms with E-state index in [0.717, 1.165) is 62.6 Å². The average molecular weight is 657 g/mol. The number of fused-ring (bicyclic) bond motifs is 8. The molecule has 0 saturated heterocycles. The Kier molecular flexibility index (Phi) is 6.72. The number of nitriles is 1. The first-order valence-corrected chi connectivity index (χ1v) is 17.7. The van der Waals surface area contributed by atoms with Crippen molar-refractivity contribution in [3.63, 3.8) is 0 Å². The molecule has 1 fully saturated rings. The van der Waals surface area contributed by atoms with E-state index in [9.17, 15) is 5.26 Å². The van der Waals surface area contributed by atoms with Crippen LogP contribution in [0, 0.1) is 11.3 Å². The zero-order chi connectivity index (χ0) is 33.9. The van der Waals surface area contributed by atoms with Gasteiger partial charge in [0.25, 0.3) is 0 Å². The lowest BCUT2D eigenvalue weighted by Crippen LogP contribution is -2.28. The number of rotatable bonds is 4. The van der Waals surface area contributed by atoms with Gasteiger partial charge >= 0.3 is 0 Å². The van der Waals surface area contributed by atoms with Gasteiger partial charge in [0.1, 0.15) is 11.2 Å². The van der Waals surface area contributed by atoms with Crippen LogP contribution in [0.3, 0.4) is 0 Å². The minimum Gasteiger partial charge on any atom is -0.455 e. The van der Waals surface area contributed by atoms with E-state index in [1.807, 2.05) is 72.8 Å².